The van der Waals surface area contributed by atoms with Crippen molar-refractivity contribution in [3.8, 4) is 0 Å². The number of likely N-dealkylation sites (tertiary alicyclic amines) is 1. The Hall–Kier alpha value is -1.65. The Labute approximate surface area is 164 Å². The molecule has 4 heteroatoms. The van der Waals surface area contributed by atoms with Gasteiger partial charge in [0, 0.05) is 30.3 Å². The van der Waals surface area contributed by atoms with Crippen LogP contribution < -0.4 is 5.32 Å². The lowest BCUT2D eigenvalue weighted by Crippen LogP contribution is -2.38. The second kappa shape index (κ2) is 7.40. The van der Waals surface area contributed by atoms with Crippen LogP contribution in [0.25, 0.3) is 0 Å². The SMILES string of the molecule is CC(C)(C)c1nn(Cc2ccccc2)cc1CN1CCC2(CCNCC2)C1. The number of benzene rings is 1. The van der Waals surface area contributed by atoms with Crippen LogP contribution in [0.2, 0.25) is 0 Å². The Kier molecular flexibility index (Phi) is 5.13. The van der Waals surface area contributed by atoms with E-state index in [2.05, 4.69) is 72.2 Å². The summed E-state index contributed by atoms with van der Waals surface area (Å²) in [6.07, 6.45) is 6.32. The normalized spacial score (nSPS) is 20.4. The molecule has 0 aliphatic carbocycles. The molecule has 0 unspecified atom stereocenters. The summed E-state index contributed by atoms with van der Waals surface area (Å²) in [6.45, 7) is 13.6. The second-order valence-electron chi connectivity index (χ2n) is 9.65. The molecule has 2 aromatic rings. The topological polar surface area (TPSA) is 33.1 Å². The zero-order chi connectivity index (χ0) is 18.9. The van der Waals surface area contributed by atoms with Crippen LogP contribution in [0.4, 0.5) is 0 Å². The van der Waals surface area contributed by atoms with Gasteiger partial charge in [-0.25, -0.2) is 0 Å². The maximum absolute atomic E-state index is 5.00. The first-order valence-electron chi connectivity index (χ1n) is 10.5. The first-order chi connectivity index (χ1) is 12.9. The quantitative estimate of drug-likeness (QED) is 0.893. The van der Waals surface area contributed by atoms with E-state index < -0.39 is 0 Å². The molecule has 1 N–H and O–H groups in total. The third-order valence-corrected chi connectivity index (χ3v) is 6.31. The van der Waals surface area contributed by atoms with Crippen LogP contribution in [0.15, 0.2) is 36.5 Å². The largest absolute Gasteiger partial charge is 0.317 e. The van der Waals surface area contributed by atoms with Crippen LogP contribution in [0.5, 0.6) is 0 Å². The zero-order valence-electron chi connectivity index (χ0n) is 17.2. The summed E-state index contributed by atoms with van der Waals surface area (Å²) in [5.41, 5.74) is 4.60. The molecule has 1 aromatic carbocycles. The van der Waals surface area contributed by atoms with Gasteiger partial charge in [-0.2, -0.15) is 5.10 Å². The fourth-order valence-electron chi connectivity index (χ4n) is 4.83. The molecule has 0 atom stereocenters. The maximum Gasteiger partial charge on any atom is 0.0723 e. The molecular weight excluding hydrogens is 332 g/mol. The Balaban J connectivity index is 1.51. The van der Waals surface area contributed by atoms with Gasteiger partial charge in [0.2, 0.25) is 0 Å². The van der Waals surface area contributed by atoms with Crippen molar-refractivity contribution in [2.45, 2.75) is 58.5 Å². The van der Waals surface area contributed by atoms with Crippen molar-refractivity contribution in [3.05, 3.63) is 53.3 Å². The Morgan fingerprint density at radius 1 is 1.04 bits per heavy atom. The number of nitrogens with zero attached hydrogens (tertiary/aromatic N) is 3. The van der Waals surface area contributed by atoms with Crippen LogP contribution in [-0.2, 0) is 18.5 Å². The van der Waals surface area contributed by atoms with Crippen LogP contribution >= 0.6 is 0 Å². The average molecular weight is 367 g/mol. The van der Waals surface area contributed by atoms with Crippen molar-refractivity contribution in [1.82, 2.24) is 20.0 Å². The van der Waals surface area contributed by atoms with E-state index in [1.165, 1.54) is 62.3 Å². The molecular formula is C23H34N4. The van der Waals surface area contributed by atoms with Crippen molar-refractivity contribution < 1.29 is 0 Å². The van der Waals surface area contributed by atoms with Gasteiger partial charge in [-0.15, -0.1) is 0 Å². The molecule has 4 rings (SSSR count). The summed E-state index contributed by atoms with van der Waals surface area (Å²) >= 11 is 0. The van der Waals surface area contributed by atoms with E-state index in [-0.39, 0.29) is 5.41 Å². The van der Waals surface area contributed by atoms with Crippen molar-refractivity contribution in [2.24, 2.45) is 5.41 Å². The smallest absolute Gasteiger partial charge is 0.0723 e. The number of hydrogen-bond donors (Lipinski definition) is 1. The van der Waals surface area contributed by atoms with Crippen molar-refractivity contribution in [3.63, 3.8) is 0 Å². The molecule has 0 saturated carbocycles. The van der Waals surface area contributed by atoms with Gasteiger partial charge in [0.05, 0.1) is 12.2 Å². The van der Waals surface area contributed by atoms with E-state index in [0.717, 1.165) is 13.1 Å². The number of hydrogen-bond acceptors (Lipinski definition) is 3. The molecule has 146 valence electrons. The highest BCUT2D eigenvalue weighted by molar-refractivity contribution is 5.25. The fourth-order valence-corrected chi connectivity index (χ4v) is 4.83. The van der Waals surface area contributed by atoms with E-state index in [9.17, 15) is 0 Å². The molecule has 2 aliphatic heterocycles. The third kappa shape index (κ3) is 4.27. The van der Waals surface area contributed by atoms with E-state index in [1.54, 1.807) is 0 Å². The molecule has 0 bridgehead atoms. The summed E-state index contributed by atoms with van der Waals surface area (Å²) in [5.74, 6) is 0. The predicted molar refractivity (Wildman–Crippen MR) is 111 cm³/mol. The summed E-state index contributed by atoms with van der Waals surface area (Å²) in [7, 11) is 0. The molecule has 2 aliphatic rings. The van der Waals surface area contributed by atoms with Gasteiger partial charge in [-0.3, -0.25) is 9.58 Å². The van der Waals surface area contributed by atoms with E-state index in [4.69, 9.17) is 5.10 Å². The number of aromatic nitrogens is 2. The molecule has 2 fully saturated rings. The third-order valence-electron chi connectivity index (χ3n) is 6.31. The summed E-state index contributed by atoms with van der Waals surface area (Å²) in [6, 6.07) is 10.6. The first-order valence-corrected chi connectivity index (χ1v) is 10.5. The van der Waals surface area contributed by atoms with Crippen LogP contribution in [0.3, 0.4) is 0 Å². The van der Waals surface area contributed by atoms with Gasteiger partial charge in [-0.1, -0.05) is 51.1 Å². The van der Waals surface area contributed by atoms with Gasteiger partial charge in [0.1, 0.15) is 0 Å². The van der Waals surface area contributed by atoms with Crippen molar-refractivity contribution in [1.29, 1.82) is 0 Å². The minimum absolute atomic E-state index is 0.0729. The second-order valence-corrected chi connectivity index (χ2v) is 9.65. The first kappa shape index (κ1) is 18.7. The lowest BCUT2D eigenvalue weighted by molar-refractivity contribution is 0.193. The summed E-state index contributed by atoms with van der Waals surface area (Å²) in [4.78, 5) is 2.67. The average Bonchev–Trinajstić information content (AvgIpc) is 3.21. The predicted octanol–water partition coefficient (Wildman–Crippen LogP) is 3.80. The maximum atomic E-state index is 5.00. The highest BCUT2D eigenvalue weighted by atomic mass is 15.3. The molecule has 2 saturated heterocycles. The van der Waals surface area contributed by atoms with Crippen LogP contribution in [0, 0.1) is 5.41 Å². The van der Waals surface area contributed by atoms with Crippen LogP contribution in [-0.4, -0.2) is 40.9 Å². The molecule has 3 heterocycles. The molecule has 4 nitrogen and oxygen atoms in total. The lowest BCUT2D eigenvalue weighted by Gasteiger charge is -2.34. The Morgan fingerprint density at radius 3 is 2.48 bits per heavy atom. The zero-order valence-corrected chi connectivity index (χ0v) is 17.2. The van der Waals surface area contributed by atoms with Gasteiger partial charge < -0.3 is 5.32 Å². The van der Waals surface area contributed by atoms with E-state index >= 15 is 0 Å². The highest BCUT2D eigenvalue weighted by Gasteiger charge is 2.39. The minimum Gasteiger partial charge on any atom is -0.317 e. The molecule has 0 radical (unpaired) electrons. The number of piperidine rings is 1. The van der Waals surface area contributed by atoms with Gasteiger partial charge >= 0.3 is 0 Å². The van der Waals surface area contributed by atoms with E-state index in [1.807, 2.05) is 0 Å². The molecule has 27 heavy (non-hydrogen) atoms. The lowest BCUT2D eigenvalue weighted by atomic mass is 9.78. The molecule has 1 spiro atoms. The Morgan fingerprint density at radius 2 is 1.78 bits per heavy atom. The fraction of sp³-hybridized carbons (Fsp3) is 0.609. The summed E-state index contributed by atoms with van der Waals surface area (Å²) in [5, 5.41) is 8.53. The number of rotatable bonds is 4. The summed E-state index contributed by atoms with van der Waals surface area (Å²) < 4.78 is 2.14. The molecule has 1 aromatic heterocycles. The minimum atomic E-state index is 0.0729. The monoisotopic (exact) mass is 366 g/mol. The van der Waals surface area contributed by atoms with Crippen molar-refractivity contribution in [2.75, 3.05) is 26.2 Å². The Bertz CT molecular complexity index is 750. The number of nitrogens with one attached hydrogen (secondary N) is 1. The van der Waals surface area contributed by atoms with Gasteiger partial charge in [0.15, 0.2) is 0 Å². The van der Waals surface area contributed by atoms with E-state index in [0.29, 0.717) is 5.41 Å². The standard InChI is InChI=1S/C23H34N4/c1-22(2,3)21-20(17-27(25-21)15-19-7-5-4-6-8-19)16-26-14-11-23(18-26)9-12-24-13-10-23/h4-8,17,24H,9-16,18H2,1-3H3. The van der Waals surface area contributed by atoms with Crippen molar-refractivity contribution >= 4 is 0 Å². The van der Waals surface area contributed by atoms with Gasteiger partial charge in [-0.05, 0) is 49.9 Å². The van der Waals surface area contributed by atoms with Gasteiger partial charge in [0.25, 0.3) is 0 Å². The van der Waals surface area contributed by atoms with Crippen LogP contribution in [0.1, 0.15) is 56.9 Å². The highest BCUT2D eigenvalue weighted by Crippen LogP contribution is 2.39. The molecule has 0 amide bonds.